The van der Waals surface area contributed by atoms with Gasteiger partial charge in [0.15, 0.2) is 11.4 Å². The zero-order chi connectivity index (χ0) is 29.0. The average Bonchev–Trinajstić information content (AvgIpc) is 3.35. The smallest absolute Gasteiger partial charge is 0.434 e. The molecule has 3 aromatic heterocycles. The maximum absolute atomic E-state index is 14.0. The SMILES string of the molecule is CC(Nc1ccc(Cl)nc1C(=O)O)c1cc(C(F)(F)F)cc2c1nc(N1CCOCC1)n1cc(C(F)(F)F)nc21. The maximum atomic E-state index is 14.0. The van der Waals surface area contributed by atoms with Gasteiger partial charge in [0.05, 0.1) is 36.0 Å². The van der Waals surface area contributed by atoms with Crippen molar-refractivity contribution in [3.8, 4) is 0 Å². The Labute approximate surface area is 226 Å². The summed E-state index contributed by atoms with van der Waals surface area (Å²) in [5.74, 6) is -1.39. The first-order chi connectivity index (χ1) is 18.7. The molecule has 1 fully saturated rings. The Morgan fingerprint density at radius 2 is 1.77 bits per heavy atom. The molecular weight excluding hydrogens is 570 g/mol. The van der Waals surface area contributed by atoms with Gasteiger partial charge in [-0.05, 0) is 31.2 Å². The van der Waals surface area contributed by atoms with E-state index in [1.807, 2.05) is 0 Å². The molecule has 1 unspecified atom stereocenters. The van der Waals surface area contributed by atoms with Crippen molar-refractivity contribution >= 4 is 45.8 Å². The van der Waals surface area contributed by atoms with E-state index in [0.29, 0.717) is 12.3 Å². The topological polar surface area (TPSA) is 105 Å². The summed E-state index contributed by atoms with van der Waals surface area (Å²) in [5, 5.41) is 12.0. The summed E-state index contributed by atoms with van der Waals surface area (Å²) in [4.78, 5) is 25.3. The van der Waals surface area contributed by atoms with Crippen LogP contribution in [0.25, 0.3) is 16.6 Å². The van der Waals surface area contributed by atoms with E-state index in [4.69, 9.17) is 16.3 Å². The van der Waals surface area contributed by atoms with Crippen LogP contribution in [0.3, 0.4) is 0 Å². The number of aromatic nitrogens is 4. The van der Waals surface area contributed by atoms with E-state index >= 15 is 0 Å². The first-order valence-corrected chi connectivity index (χ1v) is 12.1. The first kappa shape index (κ1) is 27.7. The number of hydrogen-bond acceptors (Lipinski definition) is 7. The third-order valence-corrected chi connectivity index (χ3v) is 6.54. The lowest BCUT2D eigenvalue weighted by Crippen LogP contribution is -2.38. The minimum absolute atomic E-state index is 0.0374. The summed E-state index contributed by atoms with van der Waals surface area (Å²) in [6.45, 7) is 2.54. The van der Waals surface area contributed by atoms with Crippen LogP contribution in [0.5, 0.6) is 0 Å². The fraction of sp³-hybridized carbons (Fsp3) is 0.333. The van der Waals surface area contributed by atoms with Crippen molar-refractivity contribution < 1.29 is 41.0 Å². The van der Waals surface area contributed by atoms with E-state index in [1.54, 1.807) is 4.90 Å². The summed E-state index contributed by atoms with van der Waals surface area (Å²) < 4.78 is 89.3. The number of alkyl halides is 6. The van der Waals surface area contributed by atoms with E-state index in [0.717, 1.165) is 10.5 Å². The van der Waals surface area contributed by atoms with Gasteiger partial charge < -0.3 is 20.1 Å². The van der Waals surface area contributed by atoms with Crippen molar-refractivity contribution in [1.82, 2.24) is 19.4 Å². The molecule has 4 heterocycles. The number of benzene rings is 1. The number of carboxylic acids is 1. The molecule has 4 aromatic rings. The fourth-order valence-electron chi connectivity index (χ4n) is 4.47. The minimum Gasteiger partial charge on any atom is -0.476 e. The summed E-state index contributed by atoms with van der Waals surface area (Å²) in [7, 11) is 0. The Morgan fingerprint density at radius 3 is 2.40 bits per heavy atom. The Kier molecular flexibility index (Phi) is 6.90. The number of nitrogens with one attached hydrogen (secondary N) is 1. The number of rotatable bonds is 5. The third-order valence-electron chi connectivity index (χ3n) is 6.33. The number of halogens is 7. The molecule has 1 saturated heterocycles. The molecule has 9 nitrogen and oxygen atoms in total. The van der Waals surface area contributed by atoms with Gasteiger partial charge in [-0.15, -0.1) is 0 Å². The number of anilines is 2. The Morgan fingerprint density at radius 1 is 1.07 bits per heavy atom. The van der Waals surface area contributed by atoms with Crippen LogP contribution in [0, 0.1) is 0 Å². The van der Waals surface area contributed by atoms with Gasteiger partial charge in [-0.1, -0.05) is 11.6 Å². The first-order valence-electron chi connectivity index (χ1n) is 11.7. The van der Waals surface area contributed by atoms with E-state index in [9.17, 15) is 36.2 Å². The van der Waals surface area contributed by atoms with Gasteiger partial charge in [-0.3, -0.25) is 4.40 Å². The molecule has 1 aliphatic heterocycles. The van der Waals surface area contributed by atoms with Gasteiger partial charge in [0.1, 0.15) is 10.8 Å². The quantitative estimate of drug-likeness (QED) is 0.227. The molecule has 0 amide bonds. The number of morpholine rings is 1. The molecule has 2 N–H and O–H groups in total. The second-order valence-electron chi connectivity index (χ2n) is 8.99. The lowest BCUT2D eigenvalue weighted by atomic mass is 9.99. The van der Waals surface area contributed by atoms with Crippen LogP contribution in [0.2, 0.25) is 5.15 Å². The minimum atomic E-state index is -4.87. The van der Waals surface area contributed by atoms with Gasteiger partial charge in [-0.25, -0.2) is 19.7 Å². The number of carbonyl (C=O) groups is 1. The van der Waals surface area contributed by atoms with Gasteiger partial charge in [0.25, 0.3) is 0 Å². The highest BCUT2D eigenvalue weighted by Gasteiger charge is 2.37. The Balaban J connectivity index is 1.77. The zero-order valence-corrected chi connectivity index (χ0v) is 21.2. The molecule has 0 saturated carbocycles. The molecular formula is C24H19ClF6N6O3. The molecule has 1 atom stereocenters. The number of imidazole rings is 1. The van der Waals surface area contributed by atoms with Gasteiger partial charge in [0.2, 0.25) is 5.95 Å². The van der Waals surface area contributed by atoms with Crippen LogP contribution in [-0.2, 0) is 17.1 Å². The maximum Gasteiger partial charge on any atom is 0.434 e. The second kappa shape index (κ2) is 9.96. The van der Waals surface area contributed by atoms with Crippen molar-refractivity contribution in [3.63, 3.8) is 0 Å². The van der Waals surface area contributed by atoms with E-state index < -0.39 is 41.3 Å². The van der Waals surface area contributed by atoms with Gasteiger partial charge >= 0.3 is 18.3 Å². The molecule has 1 aromatic carbocycles. The summed E-state index contributed by atoms with van der Waals surface area (Å²) in [6, 6.07) is 3.12. The van der Waals surface area contributed by atoms with E-state index in [2.05, 4.69) is 20.3 Å². The number of fused-ring (bicyclic) bond motifs is 3. The highest BCUT2D eigenvalue weighted by Crippen LogP contribution is 2.39. The Hall–Kier alpha value is -3.85. The van der Waals surface area contributed by atoms with Crippen LogP contribution in [0.4, 0.5) is 38.0 Å². The van der Waals surface area contributed by atoms with Crippen LogP contribution < -0.4 is 10.2 Å². The number of hydrogen-bond donors (Lipinski definition) is 2. The zero-order valence-electron chi connectivity index (χ0n) is 20.4. The van der Waals surface area contributed by atoms with Crippen LogP contribution in [0.1, 0.15) is 40.3 Å². The number of nitrogens with zero attached hydrogens (tertiary/aromatic N) is 5. The molecule has 1 aliphatic rings. The molecule has 212 valence electrons. The van der Waals surface area contributed by atoms with Crippen molar-refractivity contribution in [2.45, 2.75) is 25.3 Å². The predicted octanol–water partition coefficient (Wildman–Crippen LogP) is 5.68. The highest BCUT2D eigenvalue weighted by molar-refractivity contribution is 6.29. The summed E-state index contributed by atoms with van der Waals surface area (Å²) in [6.07, 6.45) is -9.03. The van der Waals surface area contributed by atoms with Crippen molar-refractivity contribution in [1.29, 1.82) is 0 Å². The Bertz CT molecular complexity index is 1620. The van der Waals surface area contributed by atoms with E-state index in [-0.39, 0.29) is 65.2 Å². The molecule has 16 heteroatoms. The standard InChI is InChI=1S/C24H19ClF6N6O3/c1-11(32-15-2-3-17(25)34-19(15)21(38)39)13-8-12(23(26,27)28)9-14-18(13)35-22(36-4-6-40-7-5-36)37-10-16(24(29,30)31)33-20(14)37/h2-3,8-11,32H,4-7H2,1H3,(H,38,39). The number of aromatic carboxylic acids is 1. The van der Waals surface area contributed by atoms with Crippen LogP contribution in [0.15, 0.2) is 30.5 Å². The third kappa shape index (κ3) is 5.18. The molecule has 0 radical (unpaired) electrons. The molecule has 40 heavy (non-hydrogen) atoms. The number of carboxylic acid groups (broad SMARTS) is 1. The second-order valence-corrected chi connectivity index (χ2v) is 9.38. The molecule has 0 spiro atoms. The predicted molar refractivity (Wildman–Crippen MR) is 132 cm³/mol. The molecule has 0 bridgehead atoms. The summed E-state index contributed by atoms with van der Waals surface area (Å²) >= 11 is 5.80. The molecule has 5 rings (SSSR count). The van der Waals surface area contributed by atoms with Gasteiger partial charge in [0, 0.05) is 30.2 Å². The molecule has 0 aliphatic carbocycles. The van der Waals surface area contributed by atoms with Crippen molar-refractivity contribution in [2.24, 2.45) is 0 Å². The van der Waals surface area contributed by atoms with Gasteiger partial charge in [-0.2, -0.15) is 26.3 Å². The fourth-order valence-corrected chi connectivity index (χ4v) is 4.62. The normalized spacial score (nSPS) is 15.6. The number of ether oxygens (including phenoxy) is 1. The largest absolute Gasteiger partial charge is 0.476 e. The van der Waals surface area contributed by atoms with Crippen LogP contribution >= 0.6 is 11.6 Å². The highest BCUT2D eigenvalue weighted by atomic mass is 35.5. The average molecular weight is 589 g/mol. The lowest BCUT2D eigenvalue weighted by Gasteiger charge is -2.29. The lowest BCUT2D eigenvalue weighted by molar-refractivity contribution is -0.141. The summed E-state index contributed by atoms with van der Waals surface area (Å²) in [5.41, 5.74) is -3.40. The monoisotopic (exact) mass is 588 g/mol. The number of pyridine rings is 1. The van der Waals surface area contributed by atoms with E-state index in [1.165, 1.54) is 19.1 Å². The van der Waals surface area contributed by atoms with Crippen LogP contribution in [-0.4, -0.2) is 56.7 Å². The van der Waals surface area contributed by atoms with Crippen molar-refractivity contribution in [3.05, 3.63) is 58.1 Å². The van der Waals surface area contributed by atoms with Crippen molar-refractivity contribution in [2.75, 3.05) is 36.5 Å².